The van der Waals surface area contributed by atoms with E-state index in [9.17, 15) is 9.90 Å². The Morgan fingerprint density at radius 1 is 1.44 bits per heavy atom. The summed E-state index contributed by atoms with van der Waals surface area (Å²) >= 11 is 6.11. The Morgan fingerprint density at radius 3 is 2.61 bits per heavy atom. The summed E-state index contributed by atoms with van der Waals surface area (Å²) in [5.74, 6) is -1.02. The third-order valence-electron chi connectivity index (χ3n) is 3.48. The van der Waals surface area contributed by atoms with E-state index < -0.39 is 5.97 Å². The number of benzene rings is 1. The third kappa shape index (κ3) is 2.53. The number of carbonyl (C=O) groups is 1. The lowest BCUT2D eigenvalue weighted by molar-refractivity contribution is 0.0698. The fourth-order valence-electron chi connectivity index (χ4n) is 2.51. The molecule has 0 unspecified atom stereocenters. The van der Waals surface area contributed by atoms with E-state index in [4.69, 9.17) is 17.3 Å². The predicted octanol–water partition coefficient (Wildman–Crippen LogP) is 3.37. The topological polar surface area (TPSA) is 75.3 Å². The van der Waals surface area contributed by atoms with E-state index in [0.717, 1.165) is 25.7 Å². The van der Waals surface area contributed by atoms with Gasteiger partial charge in [0.1, 0.15) is 0 Å². The van der Waals surface area contributed by atoms with Gasteiger partial charge in [-0.2, -0.15) is 0 Å². The molecule has 1 fully saturated rings. The predicted molar refractivity (Wildman–Crippen MR) is 73.3 cm³/mol. The van der Waals surface area contributed by atoms with Gasteiger partial charge in [0.15, 0.2) is 0 Å². The summed E-state index contributed by atoms with van der Waals surface area (Å²) in [6, 6.07) is 3.02. The summed E-state index contributed by atoms with van der Waals surface area (Å²) < 4.78 is 0. The highest BCUT2D eigenvalue weighted by Gasteiger charge is 2.30. The van der Waals surface area contributed by atoms with Gasteiger partial charge in [0.25, 0.3) is 0 Å². The van der Waals surface area contributed by atoms with Gasteiger partial charge < -0.3 is 16.2 Å². The largest absolute Gasteiger partial charge is 0.478 e. The Kier molecular flexibility index (Phi) is 3.39. The molecule has 0 spiro atoms. The summed E-state index contributed by atoms with van der Waals surface area (Å²) in [7, 11) is 0. The van der Waals surface area contributed by atoms with Gasteiger partial charge in [-0.3, -0.25) is 0 Å². The second-order valence-corrected chi connectivity index (χ2v) is 5.53. The van der Waals surface area contributed by atoms with E-state index in [-0.39, 0.29) is 11.1 Å². The molecule has 0 heterocycles. The fraction of sp³-hybridized carbons (Fsp3) is 0.462. The second kappa shape index (κ2) is 4.69. The van der Waals surface area contributed by atoms with Gasteiger partial charge in [-0.05, 0) is 31.9 Å². The summed E-state index contributed by atoms with van der Waals surface area (Å²) in [6.07, 6.45) is 4.34. The average Bonchev–Trinajstić information content (AvgIpc) is 2.69. The standard InChI is InChI=1S/C13H17ClN2O2/c1-13(4-2-3-5-13)16-11-9(12(17)18)6-8(15)7-10(11)14/h6-7,16H,2-5,15H2,1H3,(H,17,18). The van der Waals surface area contributed by atoms with Crippen molar-refractivity contribution in [2.75, 3.05) is 11.1 Å². The minimum Gasteiger partial charge on any atom is -0.478 e. The molecule has 1 aliphatic rings. The molecule has 1 saturated carbocycles. The Labute approximate surface area is 111 Å². The first-order chi connectivity index (χ1) is 8.41. The van der Waals surface area contributed by atoms with Crippen LogP contribution in [0.15, 0.2) is 12.1 Å². The maximum Gasteiger partial charge on any atom is 0.337 e. The number of hydrogen-bond donors (Lipinski definition) is 3. The van der Waals surface area contributed by atoms with Gasteiger partial charge in [-0.25, -0.2) is 4.79 Å². The summed E-state index contributed by atoms with van der Waals surface area (Å²) in [6.45, 7) is 2.10. The molecule has 0 radical (unpaired) electrons. The van der Waals surface area contributed by atoms with Crippen molar-refractivity contribution in [1.82, 2.24) is 0 Å². The van der Waals surface area contributed by atoms with Crippen molar-refractivity contribution >= 4 is 28.9 Å². The number of carboxylic acids is 1. The van der Waals surface area contributed by atoms with Crippen LogP contribution in [0.3, 0.4) is 0 Å². The van der Waals surface area contributed by atoms with Crippen molar-refractivity contribution in [3.05, 3.63) is 22.7 Å². The van der Waals surface area contributed by atoms with Crippen molar-refractivity contribution in [1.29, 1.82) is 0 Å². The zero-order chi connectivity index (χ0) is 13.3. The van der Waals surface area contributed by atoms with Crippen LogP contribution in [0.1, 0.15) is 43.0 Å². The molecule has 5 heteroatoms. The molecule has 98 valence electrons. The van der Waals surface area contributed by atoms with Crippen molar-refractivity contribution in [3.8, 4) is 0 Å². The molecule has 0 saturated heterocycles. The average molecular weight is 269 g/mol. The number of anilines is 2. The highest BCUT2D eigenvalue weighted by molar-refractivity contribution is 6.34. The molecule has 0 aliphatic heterocycles. The molecule has 0 amide bonds. The molecule has 0 aromatic heterocycles. The van der Waals surface area contributed by atoms with Gasteiger partial charge in [0, 0.05) is 11.2 Å². The van der Waals surface area contributed by atoms with Gasteiger partial charge >= 0.3 is 5.97 Å². The van der Waals surface area contributed by atoms with E-state index in [0.29, 0.717) is 16.4 Å². The van der Waals surface area contributed by atoms with E-state index in [1.807, 2.05) is 0 Å². The molecule has 18 heavy (non-hydrogen) atoms. The lowest BCUT2D eigenvalue weighted by Gasteiger charge is -2.28. The van der Waals surface area contributed by atoms with Crippen LogP contribution in [-0.2, 0) is 0 Å². The summed E-state index contributed by atoms with van der Waals surface area (Å²) in [5.41, 5.74) is 6.52. The van der Waals surface area contributed by atoms with Crippen molar-refractivity contribution in [2.45, 2.75) is 38.1 Å². The van der Waals surface area contributed by atoms with Crippen LogP contribution < -0.4 is 11.1 Å². The number of nitrogen functional groups attached to an aromatic ring is 1. The highest BCUT2D eigenvalue weighted by atomic mass is 35.5. The van der Waals surface area contributed by atoms with Crippen LogP contribution in [0.5, 0.6) is 0 Å². The first-order valence-electron chi connectivity index (χ1n) is 6.02. The number of aromatic carboxylic acids is 1. The molecular formula is C13H17ClN2O2. The van der Waals surface area contributed by atoms with Crippen molar-refractivity contribution in [3.63, 3.8) is 0 Å². The zero-order valence-corrected chi connectivity index (χ0v) is 11.0. The van der Waals surface area contributed by atoms with Crippen LogP contribution >= 0.6 is 11.6 Å². The third-order valence-corrected chi connectivity index (χ3v) is 3.77. The molecule has 2 rings (SSSR count). The minimum atomic E-state index is -1.02. The molecular weight excluding hydrogens is 252 g/mol. The monoisotopic (exact) mass is 268 g/mol. The lowest BCUT2D eigenvalue weighted by Crippen LogP contribution is -2.31. The maximum absolute atomic E-state index is 11.3. The summed E-state index contributed by atoms with van der Waals surface area (Å²) in [5, 5.41) is 12.9. The van der Waals surface area contributed by atoms with Gasteiger partial charge in [0.05, 0.1) is 16.3 Å². The smallest absolute Gasteiger partial charge is 0.337 e. The fourth-order valence-corrected chi connectivity index (χ4v) is 2.78. The van der Waals surface area contributed by atoms with Crippen LogP contribution in [0.4, 0.5) is 11.4 Å². The minimum absolute atomic E-state index is 0.0794. The van der Waals surface area contributed by atoms with E-state index in [2.05, 4.69) is 12.2 Å². The molecule has 0 atom stereocenters. The maximum atomic E-state index is 11.3. The van der Waals surface area contributed by atoms with Crippen molar-refractivity contribution < 1.29 is 9.90 Å². The summed E-state index contributed by atoms with van der Waals surface area (Å²) in [4.78, 5) is 11.3. The van der Waals surface area contributed by atoms with Gasteiger partial charge in [0.2, 0.25) is 0 Å². The molecule has 1 aliphatic carbocycles. The highest BCUT2D eigenvalue weighted by Crippen LogP contribution is 2.37. The molecule has 4 nitrogen and oxygen atoms in total. The van der Waals surface area contributed by atoms with E-state index in [1.165, 1.54) is 6.07 Å². The van der Waals surface area contributed by atoms with Crippen LogP contribution in [0.2, 0.25) is 5.02 Å². The normalized spacial score (nSPS) is 17.7. The van der Waals surface area contributed by atoms with Crippen LogP contribution in [0.25, 0.3) is 0 Å². The number of rotatable bonds is 3. The Balaban J connectivity index is 2.39. The second-order valence-electron chi connectivity index (χ2n) is 5.12. The lowest BCUT2D eigenvalue weighted by atomic mass is 9.99. The van der Waals surface area contributed by atoms with Crippen LogP contribution in [-0.4, -0.2) is 16.6 Å². The molecule has 1 aromatic rings. The number of carboxylic acid groups (broad SMARTS) is 1. The number of hydrogen-bond acceptors (Lipinski definition) is 3. The van der Waals surface area contributed by atoms with E-state index >= 15 is 0 Å². The number of nitrogens with two attached hydrogens (primary N) is 1. The Morgan fingerprint density at radius 2 is 2.06 bits per heavy atom. The number of nitrogens with one attached hydrogen (secondary N) is 1. The van der Waals surface area contributed by atoms with Crippen LogP contribution in [0, 0.1) is 0 Å². The molecule has 0 bridgehead atoms. The first kappa shape index (κ1) is 13.0. The SMILES string of the molecule is CC1(Nc2c(Cl)cc(N)cc2C(=O)O)CCCC1. The first-order valence-corrected chi connectivity index (χ1v) is 6.40. The quantitative estimate of drug-likeness (QED) is 0.735. The molecule has 4 N–H and O–H groups in total. The van der Waals surface area contributed by atoms with Gasteiger partial charge in [-0.1, -0.05) is 24.4 Å². The zero-order valence-electron chi connectivity index (χ0n) is 10.3. The molecule has 1 aromatic carbocycles. The van der Waals surface area contributed by atoms with E-state index in [1.54, 1.807) is 6.07 Å². The van der Waals surface area contributed by atoms with Crippen molar-refractivity contribution in [2.24, 2.45) is 0 Å². The van der Waals surface area contributed by atoms with Gasteiger partial charge in [-0.15, -0.1) is 0 Å². The Hall–Kier alpha value is -1.42. The number of halogens is 1. The Bertz CT molecular complexity index is 482.